The smallest absolute Gasteiger partial charge is 0.138 e. The van der Waals surface area contributed by atoms with E-state index < -0.39 is 0 Å². The summed E-state index contributed by atoms with van der Waals surface area (Å²) in [5.41, 5.74) is 9.17. The summed E-state index contributed by atoms with van der Waals surface area (Å²) in [6, 6.07) is 7.65. The summed E-state index contributed by atoms with van der Waals surface area (Å²) in [5.74, 6) is 0.325. The first-order valence-corrected chi connectivity index (χ1v) is 7.31. The highest BCUT2D eigenvalue weighted by molar-refractivity contribution is 6.30. The minimum absolute atomic E-state index is 0.161. The molecule has 5 heteroatoms. The van der Waals surface area contributed by atoms with Crippen molar-refractivity contribution < 1.29 is 4.79 Å². The fraction of sp³-hybridized carbons (Fsp3) is 0.375. The molecule has 1 aromatic heterocycles. The number of halogens is 1. The van der Waals surface area contributed by atoms with Crippen LogP contribution in [0, 0.1) is 6.92 Å². The predicted molar refractivity (Wildman–Crippen MR) is 85.6 cm³/mol. The Bertz CT molecular complexity index is 646. The van der Waals surface area contributed by atoms with E-state index in [9.17, 15) is 4.79 Å². The van der Waals surface area contributed by atoms with Crippen LogP contribution in [0.5, 0.6) is 0 Å². The van der Waals surface area contributed by atoms with Crippen LogP contribution >= 0.6 is 11.6 Å². The Morgan fingerprint density at radius 1 is 1.38 bits per heavy atom. The van der Waals surface area contributed by atoms with E-state index in [0.29, 0.717) is 18.0 Å². The van der Waals surface area contributed by atoms with E-state index in [-0.39, 0.29) is 11.7 Å². The van der Waals surface area contributed by atoms with E-state index in [2.05, 4.69) is 5.10 Å². The van der Waals surface area contributed by atoms with Gasteiger partial charge in [0.1, 0.15) is 10.9 Å². The quantitative estimate of drug-likeness (QED) is 0.862. The number of carbonyl (C=O) groups is 1. The van der Waals surface area contributed by atoms with Gasteiger partial charge in [0.15, 0.2) is 0 Å². The van der Waals surface area contributed by atoms with Gasteiger partial charge in [-0.15, -0.1) is 0 Å². The van der Waals surface area contributed by atoms with Gasteiger partial charge in [-0.25, -0.2) is 0 Å². The highest BCUT2D eigenvalue weighted by atomic mass is 35.5. The molecule has 0 aliphatic heterocycles. The summed E-state index contributed by atoms with van der Waals surface area (Å²) in [6.45, 7) is 3.92. The first kappa shape index (κ1) is 15.6. The number of hydrogen-bond donors (Lipinski definition) is 1. The molecule has 2 aromatic rings. The molecule has 4 nitrogen and oxygen atoms in total. The fourth-order valence-corrected chi connectivity index (χ4v) is 2.67. The Kier molecular flexibility index (Phi) is 4.68. The van der Waals surface area contributed by atoms with E-state index in [1.54, 1.807) is 11.7 Å². The number of nitrogens with two attached hydrogens (primary N) is 1. The topological polar surface area (TPSA) is 60.9 Å². The zero-order valence-corrected chi connectivity index (χ0v) is 13.3. The van der Waals surface area contributed by atoms with Gasteiger partial charge in [0.05, 0.1) is 5.69 Å². The summed E-state index contributed by atoms with van der Waals surface area (Å²) in [6.07, 6.45) is 0.812. The number of carbonyl (C=O) groups excluding carboxylic acids is 1. The summed E-state index contributed by atoms with van der Waals surface area (Å²) in [4.78, 5) is 12.3. The minimum atomic E-state index is 0.161. The summed E-state index contributed by atoms with van der Waals surface area (Å²) in [7, 11) is 1.78. The lowest BCUT2D eigenvalue weighted by Crippen LogP contribution is -2.08. The van der Waals surface area contributed by atoms with Crippen LogP contribution in [0.1, 0.15) is 36.1 Å². The van der Waals surface area contributed by atoms with Crippen molar-refractivity contribution in [3.8, 4) is 0 Å². The third kappa shape index (κ3) is 3.64. The second kappa shape index (κ2) is 6.31. The van der Waals surface area contributed by atoms with Crippen LogP contribution in [-0.2, 0) is 18.3 Å². The van der Waals surface area contributed by atoms with Crippen LogP contribution in [0.3, 0.4) is 0 Å². The lowest BCUT2D eigenvalue weighted by atomic mass is 9.93. The lowest BCUT2D eigenvalue weighted by molar-refractivity contribution is -0.118. The van der Waals surface area contributed by atoms with Gasteiger partial charge in [-0.1, -0.05) is 30.7 Å². The molecule has 0 saturated carbocycles. The lowest BCUT2D eigenvalue weighted by Gasteiger charge is -2.11. The average molecular weight is 306 g/mol. The first-order valence-electron chi connectivity index (χ1n) is 6.93. The molecule has 0 fully saturated rings. The molecule has 0 bridgehead atoms. The number of hydrogen-bond acceptors (Lipinski definition) is 3. The van der Waals surface area contributed by atoms with Crippen molar-refractivity contribution >= 4 is 23.1 Å². The number of aromatic nitrogens is 2. The zero-order valence-electron chi connectivity index (χ0n) is 12.6. The number of aryl methyl sites for hydroxylation is 2. The van der Waals surface area contributed by atoms with Crippen LogP contribution in [0.4, 0.5) is 5.69 Å². The molecule has 0 saturated heterocycles. The van der Waals surface area contributed by atoms with Gasteiger partial charge in [0, 0.05) is 31.1 Å². The third-order valence-corrected chi connectivity index (χ3v) is 4.16. The van der Waals surface area contributed by atoms with Crippen molar-refractivity contribution in [2.24, 2.45) is 7.05 Å². The third-order valence-electron chi connectivity index (χ3n) is 3.68. The number of Topliss-reactive ketones (excluding diaryl/α,β-unsaturated/α-hetero) is 1. The van der Waals surface area contributed by atoms with Crippen LogP contribution in [0.25, 0.3) is 0 Å². The van der Waals surface area contributed by atoms with Gasteiger partial charge >= 0.3 is 0 Å². The van der Waals surface area contributed by atoms with Crippen LogP contribution in [-0.4, -0.2) is 15.6 Å². The second-order valence-electron chi connectivity index (χ2n) is 5.47. The van der Waals surface area contributed by atoms with Crippen molar-refractivity contribution in [1.82, 2.24) is 9.78 Å². The first-order chi connectivity index (χ1) is 9.88. The molecule has 2 N–H and O–H groups in total. The average Bonchev–Trinajstić information content (AvgIpc) is 2.66. The summed E-state index contributed by atoms with van der Waals surface area (Å²) >= 11 is 6.16. The molecule has 0 amide bonds. The normalized spacial score (nSPS) is 12.4. The summed E-state index contributed by atoms with van der Waals surface area (Å²) < 4.78 is 1.60. The van der Waals surface area contributed by atoms with Crippen molar-refractivity contribution in [2.45, 2.75) is 32.6 Å². The van der Waals surface area contributed by atoms with E-state index in [1.807, 2.05) is 38.1 Å². The monoisotopic (exact) mass is 305 g/mol. The number of rotatable bonds is 5. The number of nitrogens with zero attached hydrogens (tertiary/aromatic N) is 2. The Morgan fingerprint density at radius 2 is 2.00 bits per heavy atom. The van der Waals surface area contributed by atoms with Crippen molar-refractivity contribution in [3.05, 3.63) is 46.2 Å². The number of ketones is 1. The molecule has 1 atom stereocenters. The van der Waals surface area contributed by atoms with E-state index in [0.717, 1.165) is 22.5 Å². The van der Waals surface area contributed by atoms with Gasteiger partial charge in [-0.2, -0.15) is 5.10 Å². The molecule has 2 rings (SSSR count). The van der Waals surface area contributed by atoms with Crippen LogP contribution in [0.15, 0.2) is 24.3 Å². The van der Waals surface area contributed by atoms with E-state index in [4.69, 9.17) is 17.3 Å². The van der Waals surface area contributed by atoms with Crippen LogP contribution < -0.4 is 5.73 Å². The number of benzene rings is 1. The molecular weight excluding hydrogens is 286 g/mol. The Hall–Kier alpha value is -1.81. The van der Waals surface area contributed by atoms with Crippen molar-refractivity contribution in [1.29, 1.82) is 0 Å². The molecule has 0 aliphatic carbocycles. The fourth-order valence-electron chi connectivity index (χ4n) is 2.43. The molecule has 0 spiro atoms. The maximum Gasteiger partial charge on any atom is 0.138 e. The highest BCUT2D eigenvalue weighted by Gasteiger charge is 2.17. The largest absolute Gasteiger partial charge is 0.399 e. The molecule has 112 valence electrons. The SMILES string of the molecule is Cc1nn(C)c(Cl)c1CC(=O)CC(C)c1ccc(N)cc1. The van der Waals surface area contributed by atoms with E-state index in [1.165, 1.54) is 0 Å². The Morgan fingerprint density at radius 3 is 2.52 bits per heavy atom. The van der Waals surface area contributed by atoms with Gasteiger partial charge < -0.3 is 5.73 Å². The molecule has 21 heavy (non-hydrogen) atoms. The van der Waals surface area contributed by atoms with Crippen molar-refractivity contribution in [3.63, 3.8) is 0 Å². The second-order valence-corrected chi connectivity index (χ2v) is 5.82. The molecule has 1 aromatic carbocycles. The number of anilines is 1. The van der Waals surface area contributed by atoms with Crippen molar-refractivity contribution in [2.75, 3.05) is 5.73 Å². The highest BCUT2D eigenvalue weighted by Crippen LogP contribution is 2.24. The van der Waals surface area contributed by atoms with Gasteiger partial charge in [0.2, 0.25) is 0 Å². The standard InChI is InChI=1S/C16H20ClN3O/c1-10(12-4-6-13(18)7-5-12)8-14(21)9-15-11(2)19-20(3)16(15)17/h4-7,10H,8-9,18H2,1-3H3. The molecule has 1 unspecified atom stereocenters. The Balaban J connectivity index is 2.03. The van der Waals surface area contributed by atoms with E-state index >= 15 is 0 Å². The number of nitrogen functional groups attached to an aromatic ring is 1. The Labute approximate surface area is 129 Å². The van der Waals surface area contributed by atoms with Crippen LogP contribution in [0.2, 0.25) is 5.15 Å². The van der Waals surface area contributed by atoms with Gasteiger partial charge in [0.25, 0.3) is 0 Å². The minimum Gasteiger partial charge on any atom is -0.399 e. The molecular formula is C16H20ClN3O. The summed E-state index contributed by atoms with van der Waals surface area (Å²) in [5, 5.41) is 4.77. The van der Waals surface area contributed by atoms with Gasteiger partial charge in [-0.3, -0.25) is 9.48 Å². The maximum absolute atomic E-state index is 12.3. The molecule has 0 radical (unpaired) electrons. The molecule has 1 heterocycles. The van der Waals surface area contributed by atoms with Gasteiger partial charge in [-0.05, 0) is 30.5 Å². The maximum atomic E-state index is 12.3. The molecule has 0 aliphatic rings. The predicted octanol–water partition coefficient (Wildman–Crippen LogP) is 3.27. The zero-order chi connectivity index (χ0) is 15.6.